The highest BCUT2D eigenvalue weighted by Crippen LogP contribution is 2.44. The second-order valence-corrected chi connectivity index (χ2v) is 9.35. The van der Waals surface area contributed by atoms with Crippen LogP contribution in [0.1, 0.15) is 17.0 Å². The van der Waals surface area contributed by atoms with Gasteiger partial charge in [0.05, 0.1) is 25.2 Å². The van der Waals surface area contributed by atoms with Crippen LogP contribution < -0.4 is 5.32 Å². The molecule has 2 aromatic carbocycles. The van der Waals surface area contributed by atoms with Crippen molar-refractivity contribution in [2.75, 3.05) is 44.9 Å². The van der Waals surface area contributed by atoms with Crippen molar-refractivity contribution < 1.29 is 29.0 Å². The third-order valence-corrected chi connectivity index (χ3v) is 6.84. The number of nitrogens with one attached hydrogen (secondary N) is 1. The molecule has 8 nitrogen and oxygen atoms in total. The summed E-state index contributed by atoms with van der Waals surface area (Å²) in [6.07, 6.45) is 1.27. The Morgan fingerprint density at radius 2 is 1.74 bits per heavy atom. The zero-order valence-corrected chi connectivity index (χ0v) is 19.8. The van der Waals surface area contributed by atoms with E-state index in [9.17, 15) is 19.5 Å². The molecule has 1 aliphatic carbocycles. The summed E-state index contributed by atoms with van der Waals surface area (Å²) >= 11 is 1.53. The molecule has 0 radical (unpaired) electrons. The first-order chi connectivity index (χ1) is 16.5. The SMILES string of the molecule is CSCCN(CC(=O)O)C(=O)C1COCC1NC(=O)OCC1c2ccccc2-c2ccccc21. The summed E-state index contributed by atoms with van der Waals surface area (Å²) in [4.78, 5) is 38.2. The standard InChI is InChI=1S/C25H28N2O6S/c1-34-11-10-27(12-23(28)29)24(30)21-13-32-15-22(21)26-25(31)33-14-20-18-8-4-2-6-16(18)17-7-3-5-9-19(17)20/h2-9,20-22H,10-15H2,1H3,(H,26,31)(H,28,29). The minimum atomic E-state index is -1.07. The monoisotopic (exact) mass is 484 g/mol. The molecule has 180 valence electrons. The van der Waals surface area contributed by atoms with E-state index in [1.807, 2.05) is 42.7 Å². The summed E-state index contributed by atoms with van der Waals surface area (Å²) < 4.78 is 11.0. The van der Waals surface area contributed by atoms with Crippen molar-refractivity contribution in [1.29, 1.82) is 0 Å². The lowest BCUT2D eigenvalue weighted by Crippen LogP contribution is -2.49. The second kappa shape index (κ2) is 10.9. The van der Waals surface area contributed by atoms with Gasteiger partial charge in [-0.1, -0.05) is 48.5 Å². The summed E-state index contributed by atoms with van der Waals surface area (Å²) in [7, 11) is 0. The molecule has 1 saturated heterocycles. The topological polar surface area (TPSA) is 105 Å². The van der Waals surface area contributed by atoms with Gasteiger partial charge >= 0.3 is 12.1 Å². The van der Waals surface area contributed by atoms with Gasteiger partial charge in [0.2, 0.25) is 5.91 Å². The summed E-state index contributed by atoms with van der Waals surface area (Å²) in [6.45, 7) is 0.408. The highest BCUT2D eigenvalue weighted by atomic mass is 32.2. The largest absolute Gasteiger partial charge is 0.480 e. The predicted octanol–water partition coefficient (Wildman–Crippen LogP) is 2.82. The van der Waals surface area contributed by atoms with Crippen LogP contribution in [0.4, 0.5) is 4.79 Å². The Bertz CT molecular complexity index is 1020. The number of rotatable bonds is 9. The van der Waals surface area contributed by atoms with E-state index in [-0.39, 0.29) is 38.2 Å². The first kappa shape index (κ1) is 24.1. The molecule has 2 aliphatic rings. The van der Waals surface area contributed by atoms with Gasteiger partial charge in [0.1, 0.15) is 13.2 Å². The number of fused-ring (bicyclic) bond motifs is 3. The lowest BCUT2D eigenvalue weighted by Gasteiger charge is -2.26. The number of hydrogen-bond acceptors (Lipinski definition) is 6. The normalized spacial score (nSPS) is 18.7. The molecule has 9 heteroatoms. The van der Waals surface area contributed by atoms with Crippen LogP contribution in [0.5, 0.6) is 0 Å². The van der Waals surface area contributed by atoms with Gasteiger partial charge in [-0.05, 0) is 28.5 Å². The van der Waals surface area contributed by atoms with E-state index in [1.54, 1.807) is 0 Å². The number of amides is 2. The molecular formula is C25H28N2O6S. The fourth-order valence-corrected chi connectivity index (χ4v) is 5.00. The summed E-state index contributed by atoms with van der Waals surface area (Å²) in [5.41, 5.74) is 4.52. The Labute approximate surface area is 202 Å². The molecule has 1 aliphatic heterocycles. The molecule has 1 heterocycles. The lowest BCUT2D eigenvalue weighted by molar-refractivity contribution is -0.146. The predicted molar refractivity (Wildman–Crippen MR) is 129 cm³/mol. The number of carboxylic acid groups (broad SMARTS) is 1. The van der Waals surface area contributed by atoms with E-state index >= 15 is 0 Å². The van der Waals surface area contributed by atoms with Crippen molar-refractivity contribution in [2.45, 2.75) is 12.0 Å². The fraction of sp³-hybridized carbons (Fsp3) is 0.400. The van der Waals surface area contributed by atoms with Gasteiger partial charge in [-0.2, -0.15) is 11.8 Å². The second-order valence-electron chi connectivity index (χ2n) is 8.37. The maximum Gasteiger partial charge on any atom is 0.407 e. The van der Waals surface area contributed by atoms with E-state index < -0.39 is 24.0 Å². The Hall–Kier alpha value is -3.04. The molecule has 2 unspecified atom stereocenters. The van der Waals surface area contributed by atoms with Crippen LogP contribution in [0.3, 0.4) is 0 Å². The maximum atomic E-state index is 13.0. The molecule has 0 spiro atoms. The molecule has 4 rings (SSSR count). The van der Waals surface area contributed by atoms with Gasteiger partial charge in [0, 0.05) is 18.2 Å². The summed E-state index contributed by atoms with van der Waals surface area (Å²) in [5, 5.41) is 11.9. The van der Waals surface area contributed by atoms with Gasteiger partial charge in [-0.3, -0.25) is 9.59 Å². The fourth-order valence-electron chi connectivity index (χ4n) is 4.60. The highest BCUT2D eigenvalue weighted by Gasteiger charge is 2.38. The van der Waals surface area contributed by atoms with Gasteiger partial charge < -0.3 is 24.8 Å². The molecule has 2 aromatic rings. The van der Waals surface area contributed by atoms with Crippen molar-refractivity contribution in [3.8, 4) is 11.1 Å². The van der Waals surface area contributed by atoms with Gasteiger partial charge in [-0.25, -0.2) is 4.79 Å². The first-order valence-electron chi connectivity index (χ1n) is 11.2. The van der Waals surface area contributed by atoms with Crippen LogP contribution in [-0.2, 0) is 19.1 Å². The quantitative estimate of drug-likeness (QED) is 0.564. The third kappa shape index (κ3) is 5.20. The van der Waals surface area contributed by atoms with Gasteiger partial charge in [-0.15, -0.1) is 0 Å². The van der Waals surface area contributed by atoms with E-state index in [0.29, 0.717) is 12.3 Å². The molecule has 2 amide bonds. The van der Waals surface area contributed by atoms with Crippen molar-refractivity contribution in [3.05, 3.63) is 59.7 Å². The number of aliphatic carboxylic acids is 1. The molecule has 34 heavy (non-hydrogen) atoms. The first-order valence-corrected chi connectivity index (χ1v) is 12.6. The molecule has 1 fully saturated rings. The summed E-state index contributed by atoms with van der Waals surface area (Å²) in [6, 6.07) is 15.6. The molecular weight excluding hydrogens is 456 g/mol. The highest BCUT2D eigenvalue weighted by molar-refractivity contribution is 7.98. The smallest absolute Gasteiger partial charge is 0.407 e. The average Bonchev–Trinajstić information content (AvgIpc) is 3.42. The molecule has 0 aromatic heterocycles. The number of hydrogen-bond donors (Lipinski definition) is 2. The van der Waals surface area contributed by atoms with E-state index in [0.717, 1.165) is 22.3 Å². The third-order valence-electron chi connectivity index (χ3n) is 6.25. The van der Waals surface area contributed by atoms with E-state index in [2.05, 4.69) is 17.4 Å². The number of alkyl carbamates (subject to hydrolysis) is 1. The number of ether oxygens (including phenoxy) is 2. The molecule has 0 saturated carbocycles. The van der Waals surface area contributed by atoms with Crippen molar-refractivity contribution >= 4 is 29.7 Å². The Balaban J connectivity index is 1.38. The lowest BCUT2D eigenvalue weighted by atomic mass is 9.98. The minimum Gasteiger partial charge on any atom is -0.480 e. The van der Waals surface area contributed by atoms with E-state index in [4.69, 9.17) is 9.47 Å². The van der Waals surface area contributed by atoms with Crippen LogP contribution in [0.2, 0.25) is 0 Å². The van der Waals surface area contributed by atoms with Crippen molar-refractivity contribution in [2.24, 2.45) is 5.92 Å². The van der Waals surface area contributed by atoms with Crippen LogP contribution in [0, 0.1) is 5.92 Å². The zero-order valence-electron chi connectivity index (χ0n) is 18.9. The number of carbonyl (C=O) groups excluding carboxylic acids is 2. The van der Waals surface area contributed by atoms with Crippen LogP contribution >= 0.6 is 11.8 Å². The van der Waals surface area contributed by atoms with Crippen LogP contribution in [0.25, 0.3) is 11.1 Å². The van der Waals surface area contributed by atoms with Crippen LogP contribution in [-0.4, -0.2) is 78.9 Å². The van der Waals surface area contributed by atoms with Crippen molar-refractivity contribution in [3.63, 3.8) is 0 Å². The molecule has 0 bridgehead atoms. The van der Waals surface area contributed by atoms with Crippen molar-refractivity contribution in [1.82, 2.24) is 10.2 Å². The minimum absolute atomic E-state index is 0.0620. The molecule has 2 atom stereocenters. The van der Waals surface area contributed by atoms with Crippen LogP contribution in [0.15, 0.2) is 48.5 Å². The Morgan fingerprint density at radius 1 is 1.09 bits per heavy atom. The maximum absolute atomic E-state index is 13.0. The van der Waals surface area contributed by atoms with Gasteiger partial charge in [0.25, 0.3) is 0 Å². The number of thioether (sulfide) groups is 1. The van der Waals surface area contributed by atoms with Gasteiger partial charge in [0.15, 0.2) is 0 Å². The number of carboxylic acids is 1. The molecule has 2 N–H and O–H groups in total. The average molecular weight is 485 g/mol. The number of benzene rings is 2. The Kier molecular flexibility index (Phi) is 7.74. The van der Waals surface area contributed by atoms with E-state index in [1.165, 1.54) is 16.7 Å². The Morgan fingerprint density at radius 3 is 2.35 bits per heavy atom. The number of nitrogens with zero attached hydrogens (tertiary/aromatic N) is 1. The summed E-state index contributed by atoms with van der Waals surface area (Å²) in [5.74, 6) is -1.50. The zero-order chi connectivity index (χ0) is 24.1. The number of carbonyl (C=O) groups is 3.